The summed E-state index contributed by atoms with van der Waals surface area (Å²) < 4.78 is 0. The summed E-state index contributed by atoms with van der Waals surface area (Å²) in [5, 5.41) is 0. The first kappa shape index (κ1) is 15.4. The van der Waals surface area contributed by atoms with E-state index in [1.807, 2.05) is 46.3 Å². The lowest BCUT2D eigenvalue weighted by molar-refractivity contribution is 0.543. The molecule has 0 aliphatic carbocycles. The number of allylic oxidation sites excluding steroid dienone is 1. The minimum Gasteiger partial charge on any atom is -0.370 e. The largest absolute Gasteiger partial charge is 0.370 e. The standard InChI is InChI=1S/C13H24N4/c1-7-9-13(3,11(8-2)10-15-4)16-12(14)17(5)6/h7-8,10H,1,9H2,2-6H3,(H2,14,16)/b11-8+,15-10?/t13-/m0/s1. The van der Waals surface area contributed by atoms with Gasteiger partial charge in [0, 0.05) is 27.4 Å². The predicted molar refractivity (Wildman–Crippen MR) is 76.7 cm³/mol. The highest BCUT2D eigenvalue weighted by molar-refractivity contribution is 5.84. The summed E-state index contributed by atoms with van der Waals surface area (Å²) in [4.78, 5) is 10.4. The predicted octanol–water partition coefficient (Wildman–Crippen LogP) is 1.84. The molecule has 0 radical (unpaired) electrons. The van der Waals surface area contributed by atoms with Crippen LogP contribution in [0.2, 0.25) is 0 Å². The van der Waals surface area contributed by atoms with Crippen LogP contribution in [0.3, 0.4) is 0 Å². The van der Waals surface area contributed by atoms with Crippen LogP contribution < -0.4 is 5.73 Å². The van der Waals surface area contributed by atoms with Crippen LogP contribution in [0.1, 0.15) is 20.3 Å². The Hall–Kier alpha value is -1.58. The zero-order chi connectivity index (χ0) is 13.5. The molecule has 0 fully saturated rings. The van der Waals surface area contributed by atoms with Gasteiger partial charge in [-0.05, 0) is 25.8 Å². The van der Waals surface area contributed by atoms with E-state index in [0.717, 1.165) is 5.57 Å². The van der Waals surface area contributed by atoms with Crippen molar-refractivity contribution in [3.8, 4) is 0 Å². The van der Waals surface area contributed by atoms with Crippen molar-refractivity contribution in [1.29, 1.82) is 0 Å². The van der Waals surface area contributed by atoms with Gasteiger partial charge in [0.2, 0.25) is 0 Å². The van der Waals surface area contributed by atoms with Crippen molar-refractivity contribution < 1.29 is 0 Å². The molecule has 0 aromatic carbocycles. The van der Waals surface area contributed by atoms with Crippen molar-refractivity contribution in [2.75, 3.05) is 21.1 Å². The first-order valence-electron chi connectivity index (χ1n) is 5.63. The van der Waals surface area contributed by atoms with E-state index < -0.39 is 5.54 Å². The summed E-state index contributed by atoms with van der Waals surface area (Å²) in [6.45, 7) is 7.78. The van der Waals surface area contributed by atoms with Crippen LogP contribution in [-0.4, -0.2) is 43.8 Å². The lowest BCUT2D eigenvalue weighted by atomic mass is 9.89. The lowest BCUT2D eigenvalue weighted by Crippen LogP contribution is -2.36. The van der Waals surface area contributed by atoms with Crippen LogP contribution in [0.5, 0.6) is 0 Å². The van der Waals surface area contributed by atoms with Gasteiger partial charge in [-0.25, -0.2) is 4.99 Å². The van der Waals surface area contributed by atoms with Gasteiger partial charge in [-0.15, -0.1) is 6.58 Å². The van der Waals surface area contributed by atoms with Crippen molar-refractivity contribution in [3.05, 3.63) is 24.3 Å². The highest BCUT2D eigenvalue weighted by Crippen LogP contribution is 2.25. The third-order valence-corrected chi connectivity index (χ3v) is 2.56. The number of hydrogen-bond donors (Lipinski definition) is 1. The summed E-state index contributed by atoms with van der Waals surface area (Å²) in [6.07, 6.45) is 6.38. The quantitative estimate of drug-likeness (QED) is 0.450. The van der Waals surface area contributed by atoms with Crippen LogP contribution in [0.25, 0.3) is 0 Å². The topological polar surface area (TPSA) is 54.0 Å². The molecule has 1 atom stereocenters. The highest BCUT2D eigenvalue weighted by atomic mass is 15.2. The fourth-order valence-electron chi connectivity index (χ4n) is 1.53. The molecule has 4 heteroatoms. The number of nitrogens with two attached hydrogens (primary N) is 1. The third-order valence-electron chi connectivity index (χ3n) is 2.56. The van der Waals surface area contributed by atoms with Crippen LogP contribution >= 0.6 is 0 Å². The Bertz CT molecular complexity index is 339. The molecule has 0 rings (SSSR count). The minimum atomic E-state index is -0.412. The number of hydrogen-bond acceptors (Lipinski definition) is 2. The van der Waals surface area contributed by atoms with Gasteiger partial charge in [0.1, 0.15) is 0 Å². The Balaban J connectivity index is 5.43. The van der Waals surface area contributed by atoms with Gasteiger partial charge in [0.15, 0.2) is 5.96 Å². The van der Waals surface area contributed by atoms with Crippen molar-refractivity contribution in [3.63, 3.8) is 0 Å². The first-order valence-corrected chi connectivity index (χ1v) is 5.63. The van der Waals surface area contributed by atoms with Crippen LogP contribution in [0.15, 0.2) is 34.3 Å². The average Bonchev–Trinajstić information content (AvgIpc) is 2.25. The van der Waals surface area contributed by atoms with Crippen molar-refractivity contribution in [2.45, 2.75) is 25.8 Å². The molecule has 0 saturated heterocycles. The molecule has 0 aromatic heterocycles. The van der Waals surface area contributed by atoms with E-state index >= 15 is 0 Å². The van der Waals surface area contributed by atoms with E-state index in [2.05, 4.69) is 16.6 Å². The summed E-state index contributed by atoms with van der Waals surface area (Å²) in [6, 6.07) is 0. The van der Waals surface area contributed by atoms with Crippen LogP contribution in [0, 0.1) is 0 Å². The summed E-state index contributed by atoms with van der Waals surface area (Å²) in [5.74, 6) is 0.498. The molecule has 2 N–H and O–H groups in total. The maximum atomic E-state index is 5.89. The van der Waals surface area contributed by atoms with Gasteiger partial charge in [-0.3, -0.25) is 4.99 Å². The summed E-state index contributed by atoms with van der Waals surface area (Å²) in [7, 11) is 5.49. The Morgan fingerprint density at radius 3 is 2.41 bits per heavy atom. The molecular weight excluding hydrogens is 212 g/mol. The van der Waals surface area contributed by atoms with Gasteiger partial charge >= 0.3 is 0 Å². The molecule has 0 heterocycles. The van der Waals surface area contributed by atoms with Crippen LogP contribution in [0.4, 0.5) is 0 Å². The molecule has 0 aliphatic rings. The van der Waals surface area contributed by atoms with Gasteiger partial charge in [-0.2, -0.15) is 0 Å². The molecule has 96 valence electrons. The van der Waals surface area contributed by atoms with Gasteiger partial charge in [-0.1, -0.05) is 12.2 Å². The number of aliphatic imine (C=N–C) groups is 2. The molecule has 0 bridgehead atoms. The summed E-state index contributed by atoms with van der Waals surface area (Å²) in [5.41, 5.74) is 6.51. The van der Waals surface area contributed by atoms with E-state index in [4.69, 9.17) is 5.73 Å². The Labute approximate surface area is 105 Å². The van der Waals surface area contributed by atoms with Gasteiger partial charge in [0.05, 0.1) is 5.54 Å². The normalized spacial score (nSPS) is 17.0. The van der Waals surface area contributed by atoms with Gasteiger partial charge in [0.25, 0.3) is 0 Å². The van der Waals surface area contributed by atoms with E-state index in [9.17, 15) is 0 Å². The molecule has 0 aliphatic heterocycles. The molecule has 0 spiro atoms. The lowest BCUT2D eigenvalue weighted by Gasteiger charge is -2.27. The second-order valence-corrected chi connectivity index (χ2v) is 4.26. The van der Waals surface area contributed by atoms with Crippen molar-refractivity contribution >= 4 is 12.2 Å². The van der Waals surface area contributed by atoms with E-state index in [1.165, 1.54) is 0 Å². The maximum absolute atomic E-state index is 5.89. The SMILES string of the molecule is C=CC[C@](C)(N=C(N)N(C)C)/C(C=NC)=C/C. The fraction of sp³-hybridized carbons (Fsp3) is 0.538. The third kappa shape index (κ3) is 4.43. The maximum Gasteiger partial charge on any atom is 0.191 e. The minimum absolute atomic E-state index is 0.412. The second-order valence-electron chi connectivity index (χ2n) is 4.26. The molecule has 0 saturated carbocycles. The Morgan fingerprint density at radius 1 is 1.47 bits per heavy atom. The fourth-order valence-corrected chi connectivity index (χ4v) is 1.53. The molecule has 0 unspecified atom stereocenters. The number of guanidine groups is 1. The highest BCUT2D eigenvalue weighted by Gasteiger charge is 2.26. The second kappa shape index (κ2) is 6.89. The molecular formula is C13H24N4. The smallest absolute Gasteiger partial charge is 0.191 e. The van der Waals surface area contributed by atoms with E-state index in [1.54, 1.807) is 11.9 Å². The molecule has 0 aromatic rings. The van der Waals surface area contributed by atoms with Crippen LogP contribution in [-0.2, 0) is 0 Å². The average molecular weight is 236 g/mol. The van der Waals surface area contributed by atoms with E-state index in [-0.39, 0.29) is 0 Å². The number of nitrogens with zero attached hydrogens (tertiary/aromatic N) is 3. The van der Waals surface area contributed by atoms with Gasteiger partial charge < -0.3 is 10.6 Å². The summed E-state index contributed by atoms with van der Waals surface area (Å²) >= 11 is 0. The molecule has 17 heavy (non-hydrogen) atoms. The Morgan fingerprint density at radius 2 is 2.06 bits per heavy atom. The zero-order valence-electron chi connectivity index (χ0n) is 11.6. The molecule has 4 nitrogen and oxygen atoms in total. The van der Waals surface area contributed by atoms with Crippen molar-refractivity contribution in [1.82, 2.24) is 4.90 Å². The van der Waals surface area contributed by atoms with E-state index in [0.29, 0.717) is 12.4 Å². The zero-order valence-corrected chi connectivity index (χ0v) is 11.6. The first-order chi connectivity index (χ1) is 7.91. The monoisotopic (exact) mass is 236 g/mol. The number of rotatable bonds is 5. The van der Waals surface area contributed by atoms with Crippen molar-refractivity contribution in [2.24, 2.45) is 15.7 Å². The molecule has 0 amide bonds. The Kier molecular flexibility index (Phi) is 6.25.